The summed E-state index contributed by atoms with van der Waals surface area (Å²) in [6.45, 7) is 7.13. The fourth-order valence-electron chi connectivity index (χ4n) is 2.13. The van der Waals surface area contributed by atoms with E-state index in [1.807, 2.05) is 39.1 Å². The molecule has 1 aromatic carbocycles. The summed E-state index contributed by atoms with van der Waals surface area (Å²) in [5, 5.41) is 12.7. The average Bonchev–Trinajstić information content (AvgIpc) is 2.74. The molecule has 2 N–H and O–H groups in total. The van der Waals surface area contributed by atoms with Crippen LogP contribution in [-0.4, -0.2) is 27.8 Å². The van der Waals surface area contributed by atoms with Gasteiger partial charge < -0.3 is 15.0 Å². The van der Waals surface area contributed by atoms with Crippen molar-refractivity contribution in [2.45, 2.75) is 26.8 Å². The number of aromatic nitrogens is 2. The van der Waals surface area contributed by atoms with Crippen molar-refractivity contribution in [1.82, 2.24) is 14.9 Å². The van der Waals surface area contributed by atoms with E-state index >= 15 is 0 Å². The maximum absolute atomic E-state index is 9.29. The molecule has 0 saturated heterocycles. The van der Waals surface area contributed by atoms with Gasteiger partial charge in [-0.05, 0) is 19.1 Å². The molecular formula is C15H23N3O. The third-order valence-electron chi connectivity index (χ3n) is 3.52. The first-order valence-corrected chi connectivity index (χ1v) is 6.70. The topological polar surface area (TPSA) is 50.1 Å². The Morgan fingerprint density at radius 3 is 2.68 bits per heavy atom. The molecule has 0 aliphatic heterocycles. The predicted octanol–water partition coefficient (Wildman–Crippen LogP) is 2.24. The molecule has 4 heteroatoms. The fraction of sp³-hybridized carbons (Fsp3) is 0.533. The minimum absolute atomic E-state index is 0.112. The average molecular weight is 261 g/mol. The Labute approximate surface area is 114 Å². The molecule has 1 heterocycles. The van der Waals surface area contributed by atoms with E-state index in [0.29, 0.717) is 0 Å². The van der Waals surface area contributed by atoms with Crippen LogP contribution in [0.4, 0.5) is 0 Å². The highest BCUT2D eigenvalue weighted by molar-refractivity contribution is 5.75. The molecule has 1 aromatic heterocycles. The van der Waals surface area contributed by atoms with Crippen molar-refractivity contribution >= 4 is 11.0 Å². The zero-order chi connectivity index (χ0) is 14.0. The molecule has 0 saturated carbocycles. The van der Waals surface area contributed by atoms with Crippen molar-refractivity contribution in [2.24, 2.45) is 12.5 Å². The Morgan fingerprint density at radius 2 is 2.05 bits per heavy atom. The number of benzene rings is 1. The Bertz CT molecular complexity index is 560. The number of rotatable bonds is 5. The van der Waals surface area contributed by atoms with E-state index in [9.17, 15) is 5.11 Å². The van der Waals surface area contributed by atoms with Crippen LogP contribution >= 0.6 is 0 Å². The molecule has 0 aliphatic carbocycles. The Kier molecular flexibility index (Phi) is 3.92. The van der Waals surface area contributed by atoms with E-state index in [0.717, 1.165) is 23.4 Å². The van der Waals surface area contributed by atoms with Crippen molar-refractivity contribution < 1.29 is 5.11 Å². The zero-order valence-corrected chi connectivity index (χ0v) is 12.1. The lowest BCUT2D eigenvalue weighted by Crippen LogP contribution is -2.34. The van der Waals surface area contributed by atoms with Gasteiger partial charge in [-0.15, -0.1) is 0 Å². The first-order valence-electron chi connectivity index (χ1n) is 6.70. The monoisotopic (exact) mass is 261 g/mol. The van der Waals surface area contributed by atoms with E-state index in [2.05, 4.69) is 27.9 Å². The van der Waals surface area contributed by atoms with E-state index in [1.165, 1.54) is 0 Å². The molecule has 2 rings (SSSR count). The first-order chi connectivity index (χ1) is 8.94. The van der Waals surface area contributed by atoms with Crippen molar-refractivity contribution in [3.05, 3.63) is 30.1 Å². The van der Waals surface area contributed by atoms with Crippen LogP contribution in [0, 0.1) is 5.41 Å². The van der Waals surface area contributed by atoms with Gasteiger partial charge in [-0.1, -0.05) is 26.0 Å². The molecule has 4 nitrogen and oxygen atoms in total. The molecule has 0 amide bonds. The Balaban J connectivity index is 2.17. The number of imidazole rings is 1. The lowest BCUT2D eigenvalue weighted by molar-refractivity contribution is 0.153. The van der Waals surface area contributed by atoms with Gasteiger partial charge in [0.25, 0.3) is 0 Å². The van der Waals surface area contributed by atoms with Crippen LogP contribution in [-0.2, 0) is 7.05 Å². The minimum atomic E-state index is -0.112. The molecule has 0 radical (unpaired) electrons. The van der Waals surface area contributed by atoms with Crippen LogP contribution in [0.25, 0.3) is 11.0 Å². The number of aliphatic hydroxyl groups is 1. The summed E-state index contributed by atoms with van der Waals surface area (Å²) in [7, 11) is 2.04. The van der Waals surface area contributed by atoms with E-state index in [4.69, 9.17) is 0 Å². The molecule has 1 unspecified atom stereocenters. The third kappa shape index (κ3) is 2.96. The quantitative estimate of drug-likeness (QED) is 0.868. The number of para-hydroxylation sites is 2. The van der Waals surface area contributed by atoms with Crippen LogP contribution in [0.3, 0.4) is 0 Å². The number of hydrogen-bond acceptors (Lipinski definition) is 3. The number of hydrogen-bond donors (Lipinski definition) is 2. The molecule has 1 atom stereocenters. The number of nitrogens with zero attached hydrogens (tertiary/aromatic N) is 2. The smallest absolute Gasteiger partial charge is 0.126 e. The van der Waals surface area contributed by atoms with Crippen molar-refractivity contribution in [2.75, 3.05) is 13.2 Å². The Hall–Kier alpha value is -1.39. The first kappa shape index (κ1) is 14.0. The molecule has 2 aromatic rings. The van der Waals surface area contributed by atoms with Crippen molar-refractivity contribution in [3.8, 4) is 0 Å². The lowest BCUT2D eigenvalue weighted by Gasteiger charge is -2.24. The van der Waals surface area contributed by atoms with Crippen molar-refractivity contribution in [3.63, 3.8) is 0 Å². The number of fused-ring (bicyclic) bond motifs is 1. The van der Waals surface area contributed by atoms with E-state index in [-0.39, 0.29) is 18.1 Å². The second-order valence-electron chi connectivity index (χ2n) is 5.94. The third-order valence-corrected chi connectivity index (χ3v) is 3.52. The van der Waals surface area contributed by atoms with Gasteiger partial charge in [0, 0.05) is 25.6 Å². The van der Waals surface area contributed by atoms with Gasteiger partial charge in [0.1, 0.15) is 5.82 Å². The number of aliphatic hydroxyl groups excluding tert-OH is 1. The second-order valence-corrected chi connectivity index (χ2v) is 5.94. The summed E-state index contributed by atoms with van der Waals surface area (Å²) in [5.41, 5.74) is 2.06. The van der Waals surface area contributed by atoms with Crippen LogP contribution < -0.4 is 5.32 Å². The fourth-order valence-corrected chi connectivity index (χ4v) is 2.13. The van der Waals surface area contributed by atoms with Gasteiger partial charge in [-0.3, -0.25) is 0 Å². The van der Waals surface area contributed by atoms with Crippen LogP contribution in [0.15, 0.2) is 24.3 Å². The SMILES string of the molecule is CC(NCC(C)(C)CO)c1nc2ccccc2n1C. The lowest BCUT2D eigenvalue weighted by atomic mass is 9.94. The zero-order valence-electron chi connectivity index (χ0n) is 12.1. The minimum Gasteiger partial charge on any atom is -0.396 e. The van der Waals surface area contributed by atoms with Crippen LogP contribution in [0.2, 0.25) is 0 Å². The van der Waals surface area contributed by atoms with Crippen LogP contribution in [0.5, 0.6) is 0 Å². The maximum atomic E-state index is 9.29. The van der Waals surface area contributed by atoms with Gasteiger partial charge in [0.2, 0.25) is 0 Å². The number of nitrogens with one attached hydrogen (secondary N) is 1. The number of aryl methyl sites for hydroxylation is 1. The van der Waals surface area contributed by atoms with Crippen LogP contribution in [0.1, 0.15) is 32.6 Å². The highest BCUT2D eigenvalue weighted by atomic mass is 16.3. The molecule has 0 spiro atoms. The second kappa shape index (κ2) is 5.31. The largest absolute Gasteiger partial charge is 0.396 e. The Morgan fingerprint density at radius 1 is 1.37 bits per heavy atom. The highest BCUT2D eigenvalue weighted by Crippen LogP contribution is 2.20. The summed E-state index contributed by atoms with van der Waals surface area (Å²) in [5.74, 6) is 1.02. The summed E-state index contributed by atoms with van der Waals surface area (Å²) < 4.78 is 2.12. The summed E-state index contributed by atoms with van der Waals surface area (Å²) in [4.78, 5) is 4.68. The molecule has 0 fully saturated rings. The van der Waals surface area contributed by atoms with Gasteiger partial charge >= 0.3 is 0 Å². The molecule has 104 valence electrons. The van der Waals surface area contributed by atoms with E-state index in [1.54, 1.807) is 0 Å². The van der Waals surface area contributed by atoms with E-state index < -0.39 is 0 Å². The van der Waals surface area contributed by atoms with Gasteiger partial charge in [-0.2, -0.15) is 0 Å². The molecule has 0 aliphatic rings. The van der Waals surface area contributed by atoms with Gasteiger partial charge in [-0.25, -0.2) is 4.98 Å². The summed E-state index contributed by atoms with van der Waals surface area (Å²) in [6, 6.07) is 8.30. The normalized spacial score (nSPS) is 13.9. The predicted molar refractivity (Wildman–Crippen MR) is 78.0 cm³/mol. The van der Waals surface area contributed by atoms with Gasteiger partial charge in [0.15, 0.2) is 0 Å². The maximum Gasteiger partial charge on any atom is 0.126 e. The summed E-state index contributed by atoms with van der Waals surface area (Å²) >= 11 is 0. The standard InChI is InChI=1S/C15H23N3O/c1-11(16-9-15(2,3)10-19)14-17-12-7-5-6-8-13(12)18(14)4/h5-8,11,16,19H,9-10H2,1-4H3. The molecular weight excluding hydrogens is 238 g/mol. The molecule has 0 bridgehead atoms. The summed E-state index contributed by atoms with van der Waals surface area (Å²) in [6.07, 6.45) is 0. The highest BCUT2D eigenvalue weighted by Gasteiger charge is 2.20. The van der Waals surface area contributed by atoms with Gasteiger partial charge in [0.05, 0.1) is 17.1 Å². The molecule has 19 heavy (non-hydrogen) atoms. The van der Waals surface area contributed by atoms with Crippen molar-refractivity contribution in [1.29, 1.82) is 0 Å².